The van der Waals surface area contributed by atoms with Gasteiger partial charge in [0.25, 0.3) is 10.2 Å². The summed E-state index contributed by atoms with van der Waals surface area (Å²) >= 11 is 0. The molecule has 0 bridgehead atoms. The van der Waals surface area contributed by atoms with E-state index in [1.54, 1.807) is 16.7 Å². The first-order valence-electron chi connectivity index (χ1n) is 6.31. The number of morpholine rings is 1. The van der Waals surface area contributed by atoms with Crippen LogP contribution in [0, 0.1) is 0 Å². The second-order valence-electron chi connectivity index (χ2n) is 4.83. The molecule has 2 aliphatic rings. The van der Waals surface area contributed by atoms with Crippen LogP contribution in [0.3, 0.4) is 0 Å². The van der Waals surface area contributed by atoms with Crippen LogP contribution >= 0.6 is 0 Å². The topological polar surface area (TPSA) is 96.2 Å². The Labute approximate surface area is 113 Å². The third kappa shape index (κ3) is 3.35. The number of hydrogen-bond donors (Lipinski definition) is 1. The molecule has 110 valence electrons. The SMILES string of the molecule is CC1CN(C(=O)N2CCOCC2)CCN1S(N)(=O)=O. The third-order valence-electron chi connectivity index (χ3n) is 3.45. The number of carbonyl (C=O) groups excluding carboxylic acids is 1. The van der Waals surface area contributed by atoms with Gasteiger partial charge in [0.15, 0.2) is 0 Å². The number of hydrogen-bond acceptors (Lipinski definition) is 4. The van der Waals surface area contributed by atoms with E-state index in [4.69, 9.17) is 9.88 Å². The summed E-state index contributed by atoms with van der Waals surface area (Å²) in [5.41, 5.74) is 0. The van der Waals surface area contributed by atoms with Gasteiger partial charge in [0.1, 0.15) is 0 Å². The number of nitrogens with zero attached hydrogens (tertiary/aromatic N) is 3. The van der Waals surface area contributed by atoms with E-state index in [2.05, 4.69) is 0 Å². The lowest BCUT2D eigenvalue weighted by molar-refractivity contribution is 0.0378. The molecule has 0 aromatic rings. The summed E-state index contributed by atoms with van der Waals surface area (Å²) in [5, 5.41) is 5.13. The van der Waals surface area contributed by atoms with Crippen molar-refractivity contribution in [3.63, 3.8) is 0 Å². The molecule has 0 spiro atoms. The van der Waals surface area contributed by atoms with Crippen molar-refractivity contribution in [3.8, 4) is 0 Å². The minimum Gasteiger partial charge on any atom is -0.378 e. The van der Waals surface area contributed by atoms with Gasteiger partial charge in [-0.1, -0.05) is 0 Å². The summed E-state index contributed by atoms with van der Waals surface area (Å²) in [6.07, 6.45) is 0. The predicted molar refractivity (Wildman–Crippen MR) is 68.6 cm³/mol. The molecule has 2 fully saturated rings. The molecule has 2 rings (SSSR count). The second kappa shape index (κ2) is 5.61. The number of urea groups is 1. The highest BCUT2D eigenvalue weighted by atomic mass is 32.2. The van der Waals surface area contributed by atoms with E-state index in [0.29, 0.717) is 39.4 Å². The van der Waals surface area contributed by atoms with Gasteiger partial charge in [0.2, 0.25) is 0 Å². The summed E-state index contributed by atoms with van der Waals surface area (Å²) in [4.78, 5) is 15.7. The summed E-state index contributed by atoms with van der Waals surface area (Å²) in [7, 11) is -3.69. The van der Waals surface area contributed by atoms with Crippen molar-refractivity contribution in [3.05, 3.63) is 0 Å². The number of amides is 2. The van der Waals surface area contributed by atoms with Gasteiger partial charge in [0, 0.05) is 38.8 Å². The average molecular weight is 292 g/mol. The van der Waals surface area contributed by atoms with Crippen LogP contribution in [0.4, 0.5) is 4.79 Å². The molecule has 0 aliphatic carbocycles. The van der Waals surface area contributed by atoms with Gasteiger partial charge < -0.3 is 14.5 Å². The zero-order chi connectivity index (χ0) is 14.0. The van der Waals surface area contributed by atoms with E-state index in [9.17, 15) is 13.2 Å². The Morgan fingerprint density at radius 1 is 1.16 bits per heavy atom. The summed E-state index contributed by atoms with van der Waals surface area (Å²) in [6.45, 7) is 5.02. The molecular weight excluding hydrogens is 272 g/mol. The molecule has 9 heteroatoms. The molecule has 2 amide bonds. The average Bonchev–Trinajstić information content (AvgIpc) is 2.37. The van der Waals surface area contributed by atoms with E-state index >= 15 is 0 Å². The molecule has 19 heavy (non-hydrogen) atoms. The fraction of sp³-hybridized carbons (Fsp3) is 0.900. The Bertz CT molecular complexity index is 435. The van der Waals surface area contributed by atoms with Crippen LogP contribution in [-0.4, -0.2) is 80.5 Å². The first-order valence-corrected chi connectivity index (χ1v) is 7.81. The molecule has 2 heterocycles. The number of piperazine rings is 1. The maximum Gasteiger partial charge on any atom is 0.320 e. The van der Waals surface area contributed by atoms with Gasteiger partial charge in [-0.3, -0.25) is 0 Å². The van der Waals surface area contributed by atoms with Gasteiger partial charge in [-0.2, -0.15) is 12.7 Å². The molecular formula is C10H20N4O4S. The number of ether oxygens (including phenoxy) is 1. The van der Waals surface area contributed by atoms with Gasteiger partial charge >= 0.3 is 6.03 Å². The highest BCUT2D eigenvalue weighted by Crippen LogP contribution is 2.14. The third-order valence-corrected chi connectivity index (χ3v) is 4.64. The summed E-state index contributed by atoms with van der Waals surface area (Å²) in [6, 6.07) is -0.349. The molecule has 0 aromatic carbocycles. The first kappa shape index (κ1) is 14.5. The standard InChI is InChI=1S/C10H20N4O4S/c1-9-8-13(2-3-14(9)19(11,16)17)10(15)12-4-6-18-7-5-12/h9H,2-8H2,1H3,(H2,11,16,17). The lowest BCUT2D eigenvalue weighted by atomic mass is 10.2. The van der Waals surface area contributed by atoms with E-state index in [1.807, 2.05) is 0 Å². The van der Waals surface area contributed by atoms with Gasteiger partial charge in [-0.25, -0.2) is 9.93 Å². The smallest absolute Gasteiger partial charge is 0.320 e. The molecule has 0 saturated carbocycles. The molecule has 0 radical (unpaired) electrons. The molecule has 2 aliphatic heterocycles. The zero-order valence-corrected chi connectivity index (χ0v) is 11.8. The molecule has 1 atom stereocenters. The van der Waals surface area contributed by atoms with Crippen LogP contribution in [0.1, 0.15) is 6.92 Å². The van der Waals surface area contributed by atoms with Crippen molar-refractivity contribution in [1.82, 2.24) is 14.1 Å². The molecule has 1 unspecified atom stereocenters. The minimum atomic E-state index is -3.69. The first-order chi connectivity index (χ1) is 8.89. The highest BCUT2D eigenvalue weighted by molar-refractivity contribution is 7.86. The Balaban J connectivity index is 1.96. The van der Waals surface area contributed by atoms with Gasteiger partial charge in [0.05, 0.1) is 13.2 Å². The molecule has 0 aromatic heterocycles. The zero-order valence-electron chi connectivity index (χ0n) is 11.0. The van der Waals surface area contributed by atoms with Crippen molar-refractivity contribution < 1.29 is 17.9 Å². The fourth-order valence-corrected chi connectivity index (χ4v) is 3.35. The number of rotatable bonds is 1. The Morgan fingerprint density at radius 3 is 2.32 bits per heavy atom. The van der Waals surface area contributed by atoms with Gasteiger partial charge in [-0.15, -0.1) is 0 Å². The van der Waals surface area contributed by atoms with E-state index in [1.165, 1.54) is 4.31 Å². The second-order valence-corrected chi connectivity index (χ2v) is 6.33. The minimum absolute atomic E-state index is 0.0516. The largest absolute Gasteiger partial charge is 0.378 e. The van der Waals surface area contributed by atoms with Crippen LogP contribution in [0.25, 0.3) is 0 Å². The number of carbonyl (C=O) groups is 1. The van der Waals surface area contributed by atoms with E-state index in [0.717, 1.165) is 0 Å². The lowest BCUT2D eigenvalue weighted by Gasteiger charge is -2.40. The fourth-order valence-electron chi connectivity index (χ4n) is 2.45. The van der Waals surface area contributed by atoms with Crippen LogP contribution in [0.15, 0.2) is 0 Å². The van der Waals surface area contributed by atoms with Crippen molar-refractivity contribution in [2.24, 2.45) is 5.14 Å². The molecule has 2 saturated heterocycles. The monoisotopic (exact) mass is 292 g/mol. The molecule has 8 nitrogen and oxygen atoms in total. The van der Waals surface area contributed by atoms with Crippen molar-refractivity contribution in [2.45, 2.75) is 13.0 Å². The van der Waals surface area contributed by atoms with Crippen LogP contribution in [0.2, 0.25) is 0 Å². The summed E-state index contributed by atoms with van der Waals surface area (Å²) in [5.74, 6) is 0. The maximum atomic E-state index is 12.3. The normalized spacial score (nSPS) is 26.5. The van der Waals surface area contributed by atoms with Crippen LogP contribution in [0.5, 0.6) is 0 Å². The predicted octanol–water partition coefficient (Wildman–Crippen LogP) is -1.35. The van der Waals surface area contributed by atoms with E-state index in [-0.39, 0.29) is 18.6 Å². The van der Waals surface area contributed by atoms with Crippen molar-refractivity contribution >= 4 is 16.2 Å². The van der Waals surface area contributed by atoms with Crippen molar-refractivity contribution in [1.29, 1.82) is 0 Å². The highest BCUT2D eigenvalue weighted by Gasteiger charge is 2.34. The molecule has 2 N–H and O–H groups in total. The van der Waals surface area contributed by atoms with Gasteiger partial charge in [-0.05, 0) is 6.92 Å². The quantitative estimate of drug-likeness (QED) is 0.646. The lowest BCUT2D eigenvalue weighted by Crippen LogP contribution is -2.59. The Hall–Kier alpha value is -0.900. The van der Waals surface area contributed by atoms with Crippen LogP contribution < -0.4 is 5.14 Å². The van der Waals surface area contributed by atoms with Crippen LogP contribution in [-0.2, 0) is 14.9 Å². The van der Waals surface area contributed by atoms with E-state index < -0.39 is 10.2 Å². The Kier molecular flexibility index (Phi) is 4.29. The number of nitrogens with two attached hydrogens (primary N) is 1. The maximum absolute atomic E-state index is 12.3. The van der Waals surface area contributed by atoms with Crippen molar-refractivity contribution in [2.75, 3.05) is 45.9 Å². The Morgan fingerprint density at radius 2 is 1.79 bits per heavy atom. The summed E-state index contributed by atoms with van der Waals surface area (Å²) < 4.78 is 29.1.